The predicted molar refractivity (Wildman–Crippen MR) is 79.6 cm³/mol. The molecule has 1 amide bonds. The number of esters is 1. The van der Waals surface area contributed by atoms with Crippen LogP contribution in [0.4, 0.5) is 8.78 Å². The molecule has 0 saturated carbocycles. The largest absolute Gasteiger partial charge is 0.469 e. The molecule has 0 unspecified atom stereocenters. The molecule has 0 saturated heterocycles. The molecule has 1 N–H and O–H groups in total. The fourth-order valence-corrected chi connectivity index (χ4v) is 2.16. The summed E-state index contributed by atoms with van der Waals surface area (Å²) in [4.78, 5) is 24.5. The zero-order valence-electron chi connectivity index (χ0n) is 13.2. The Kier molecular flexibility index (Phi) is 7.61. The van der Waals surface area contributed by atoms with Gasteiger partial charge in [0.25, 0.3) is 0 Å². The van der Waals surface area contributed by atoms with Crippen LogP contribution in [0.2, 0.25) is 0 Å². The first kappa shape index (κ1) is 19.0. The minimum absolute atomic E-state index is 0.0222. The Morgan fingerprint density at radius 1 is 1.30 bits per heavy atom. The van der Waals surface area contributed by atoms with Crippen molar-refractivity contribution >= 4 is 11.9 Å². The lowest BCUT2D eigenvalue weighted by Gasteiger charge is -2.26. The number of hydrogen-bond acceptors (Lipinski definition) is 4. The Balaban J connectivity index is 2.57. The smallest absolute Gasteiger partial charge is 0.305 e. The lowest BCUT2D eigenvalue weighted by molar-refractivity contribution is -0.142. The van der Waals surface area contributed by atoms with Gasteiger partial charge < -0.3 is 14.7 Å². The third kappa shape index (κ3) is 5.59. The van der Waals surface area contributed by atoms with Gasteiger partial charge in [-0.25, -0.2) is 8.78 Å². The molecule has 0 aromatic heterocycles. The number of carbonyl (C=O) groups is 2. The van der Waals surface area contributed by atoms with Gasteiger partial charge in [0.05, 0.1) is 19.8 Å². The van der Waals surface area contributed by atoms with Crippen LogP contribution in [0.25, 0.3) is 0 Å². The van der Waals surface area contributed by atoms with E-state index in [4.69, 9.17) is 0 Å². The molecule has 1 aromatic rings. The number of rotatable bonds is 8. The topological polar surface area (TPSA) is 66.8 Å². The van der Waals surface area contributed by atoms with E-state index in [1.165, 1.54) is 31.2 Å². The number of aryl methyl sites for hydroxylation is 1. The maximum absolute atomic E-state index is 13.5. The molecule has 0 bridgehead atoms. The number of amides is 1. The summed E-state index contributed by atoms with van der Waals surface area (Å²) >= 11 is 0. The number of aliphatic hydroxyl groups is 1. The number of hydrogen-bond donors (Lipinski definition) is 1. The van der Waals surface area contributed by atoms with Crippen molar-refractivity contribution in [3.8, 4) is 0 Å². The monoisotopic (exact) mass is 329 g/mol. The van der Waals surface area contributed by atoms with Gasteiger partial charge in [-0.05, 0) is 24.5 Å². The average molecular weight is 329 g/mol. The fraction of sp³-hybridized carbons (Fsp3) is 0.500. The van der Waals surface area contributed by atoms with E-state index in [2.05, 4.69) is 4.74 Å². The minimum atomic E-state index is -0.952. The van der Waals surface area contributed by atoms with E-state index in [9.17, 15) is 23.5 Å². The van der Waals surface area contributed by atoms with Gasteiger partial charge in [-0.3, -0.25) is 9.59 Å². The number of benzene rings is 1. The molecule has 0 spiro atoms. The van der Waals surface area contributed by atoms with Crippen LogP contribution in [-0.4, -0.2) is 48.7 Å². The van der Waals surface area contributed by atoms with Gasteiger partial charge in [-0.15, -0.1) is 0 Å². The van der Waals surface area contributed by atoms with Crippen molar-refractivity contribution in [1.82, 2.24) is 4.90 Å². The van der Waals surface area contributed by atoms with Crippen LogP contribution in [-0.2, 0) is 20.7 Å². The molecule has 5 nitrogen and oxygen atoms in total. The van der Waals surface area contributed by atoms with Crippen molar-refractivity contribution in [1.29, 1.82) is 0 Å². The molecule has 1 rings (SSSR count). The first-order valence-electron chi connectivity index (χ1n) is 7.27. The Hall–Kier alpha value is -2.02. The molecule has 1 aromatic carbocycles. The minimum Gasteiger partial charge on any atom is -0.469 e. The lowest BCUT2D eigenvalue weighted by atomic mass is 10.1. The highest BCUT2D eigenvalue weighted by molar-refractivity contribution is 5.76. The summed E-state index contributed by atoms with van der Waals surface area (Å²) in [6.45, 7) is -0.298. The molecule has 0 aliphatic rings. The van der Waals surface area contributed by atoms with E-state index < -0.39 is 23.6 Å². The van der Waals surface area contributed by atoms with E-state index in [1.54, 1.807) is 0 Å². The highest BCUT2D eigenvalue weighted by Gasteiger charge is 2.20. The Bertz CT molecular complexity index is 551. The second-order valence-electron chi connectivity index (χ2n) is 5.17. The van der Waals surface area contributed by atoms with Crippen LogP contribution in [0.5, 0.6) is 0 Å². The molecular weight excluding hydrogens is 308 g/mol. The van der Waals surface area contributed by atoms with E-state index >= 15 is 0 Å². The van der Waals surface area contributed by atoms with Crippen LogP contribution in [0.1, 0.15) is 24.8 Å². The van der Waals surface area contributed by atoms with Crippen LogP contribution < -0.4 is 0 Å². The fourth-order valence-electron chi connectivity index (χ4n) is 2.16. The zero-order valence-corrected chi connectivity index (χ0v) is 13.2. The number of ether oxygens (including phenoxy) is 1. The van der Waals surface area contributed by atoms with Crippen molar-refractivity contribution in [3.05, 3.63) is 35.4 Å². The normalized spacial score (nSPS) is 11.9. The molecule has 1 atom stereocenters. The summed E-state index contributed by atoms with van der Waals surface area (Å²) in [6, 6.07) is 3.29. The molecule has 0 aliphatic carbocycles. The quantitative estimate of drug-likeness (QED) is 0.737. The first-order chi connectivity index (χ1) is 10.9. The molecule has 0 fully saturated rings. The molecule has 0 aliphatic heterocycles. The maximum atomic E-state index is 13.5. The Morgan fingerprint density at radius 3 is 2.61 bits per heavy atom. The summed E-state index contributed by atoms with van der Waals surface area (Å²) in [5, 5.41) is 9.34. The van der Waals surface area contributed by atoms with Gasteiger partial charge in [0.15, 0.2) is 11.6 Å². The van der Waals surface area contributed by atoms with Crippen molar-refractivity contribution in [2.75, 3.05) is 20.8 Å². The first-order valence-corrected chi connectivity index (χ1v) is 7.27. The average Bonchev–Trinajstić information content (AvgIpc) is 2.55. The summed E-state index contributed by atoms with van der Waals surface area (Å²) in [5.41, 5.74) is 0.127. The van der Waals surface area contributed by atoms with Gasteiger partial charge in [-0.2, -0.15) is 0 Å². The molecule has 7 heteroatoms. The summed E-state index contributed by atoms with van der Waals surface area (Å²) in [7, 11) is 2.77. The van der Waals surface area contributed by atoms with Crippen LogP contribution in [0.15, 0.2) is 18.2 Å². The van der Waals surface area contributed by atoms with Crippen molar-refractivity contribution in [2.24, 2.45) is 0 Å². The van der Waals surface area contributed by atoms with Gasteiger partial charge in [0.2, 0.25) is 5.91 Å². The number of likely N-dealkylation sites (N-methyl/N-ethyl adjacent to an activating group) is 1. The second kappa shape index (κ2) is 9.19. The summed E-state index contributed by atoms with van der Waals surface area (Å²) in [6.07, 6.45) is 0.380. The van der Waals surface area contributed by atoms with E-state index in [1.807, 2.05) is 0 Å². The molecule has 128 valence electrons. The van der Waals surface area contributed by atoms with Crippen molar-refractivity contribution in [3.63, 3.8) is 0 Å². The SMILES string of the molecule is COC(=O)CC[C@@H](CO)N(C)C(=O)CCc1cccc(F)c1F. The number of carbonyl (C=O) groups excluding carboxylic acids is 2. The van der Waals surface area contributed by atoms with Crippen LogP contribution in [0, 0.1) is 11.6 Å². The number of nitrogens with zero attached hydrogens (tertiary/aromatic N) is 1. The predicted octanol–water partition coefficient (Wildman–Crippen LogP) is 1.67. The van der Waals surface area contributed by atoms with Crippen LogP contribution >= 0.6 is 0 Å². The lowest BCUT2D eigenvalue weighted by Crippen LogP contribution is -2.40. The molecular formula is C16H21F2NO4. The van der Waals surface area contributed by atoms with Gasteiger partial charge in [0, 0.05) is 19.9 Å². The van der Waals surface area contributed by atoms with E-state index in [0.29, 0.717) is 0 Å². The van der Waals surface area contributed by atoms with Crippen molar-refractivity contribution < 1.29 is 28.2 Å². The van der Waals surface area contributed by atoms with E-state index in [0.717, 1.165) is 6.07 Å². The Labute approximate surface area is 133 Å². The standard InChI is InChI=1S/C16H21F2NO4/c1-19(12(10-20)7-9-15(22)23-2)14(21)8-6-11-4-3-5-13(17)16(11)18/h3-5,12,20H,6-10H2,1-2H3/t12-/m0/s1. The third-order valence-electron chi connectivity index (χ3n) is 3.70. The molecule has 23 heavy (non-hydrogen) atoms. The van der Waals surface area contributed by atoms with Gasteiger partial charge >= 0.3 is 5.97 Å². The van der Waals surface area contributed by atoms with E-state index in [-0.39, 0.29) is 43.8 Å². The third-order valence-corrected chi connectivity index (χ3v) is 3.70. The highest BCUT2D eigenvalue weighted by atomic mass is 19.2. The van der Waals surface area contributed by atoms with Crippen LogP contribution in [0.3, 0.4) is 0 Å². The van der Waals surface area contributed by atoms with Gasteiger partial charge in [-0.1, -0.05) is 12.1 Å². The second-order valence-corrected chi connectivity index (χ2v) is 5.17. The molecule has 0 heterocycles. The number of methoxy groups -OCH3 is 1. The Morgan fingerprint density at radius 2 is 2.00 bits per heavy atom. The summed E-state index contributed by atoms with van der Waals surface area (Å²) < 4.78 is 31.2. The highest BCUT2D eigenvalue weighted by Crippen LogP contribution is 2.15. The van der Waals surface area contributed by atoms with Gasteiger partial charge in [0.1, 0.15) is 0 Å². The number of aliphatic hydroxyl groups excluding tert-OH is 1. The zero-order chi connectivity index (χ0) is 17.4. The maximum Gasteiger partial charge on any atom is 0.305 e. The summed E-state index contributed by atoms with van der Waals surface area (Å²) in [5.74, 6) is -2.65. The van der Waals surface area contributed by atoms with Crippen molar-refractivity contribution in [2.45, 2.75) is 31.7 Å². The number of halogens is 2. The molecule has 0 radical (unpaired) electrons.